The van der Waals surface area contributed by atoms with Crippen molar-refractivity contribution in [1.82, 2.24) is 9.47 Å². The Kier molecular flexibility index (Phi) is 7.00. The van der Waals surface area contributed by atoms with Crippen LogP contribution in [0.1, 0.15) is 63.1 Å². The van der Waals surface area contributed by atoms with Crippen LogP contribution < -0.4 is 20.6 Å². The molecule has 1 aliphatic rings. The van der Waals surface area contributed by atoms with Crippen LogP contribution >= 0.6 is 0 Å². The minimum Gasteiger partial charge on any atom is -0.490 e. The summed E-state index contributed by atoms with van der Waals surface area (Å²) in [5.41, 5.74) is 1.60. The van der Waals surface area contributed by atoms with E-state index in [0.29, 0.717) is 18.0 Å². The molecule has 1 aliphatic heterocycles. The first-order valence-electron chi connectivity index (χ1n) is 11.2. The summed E-state index contributed by atoms with van der Waals surface area (Å²) in [6, 6.07) is 7.04. The molecule has 0 bridgehead atoms. The normalized spacial score (nSPS) is 18.6. The van der Waals surface area contributed by atoms with Crippen molar-refractivity contribution in [2.75, 3.05) is 26.9 Å². The second-order valence-electron chi connectivity index (χ2n) is 9.61. The van der Waals surface area contributed by atoms with Gasteiger partial charge in [-0.05, 0) is 24.8 Å². The van der Waals surface area contributed by atoms with E-state index in [9.17, 15) is 19.1 Å². The van der Waals surface area contributed by atoms with Crippen LogP contribution in [0.15, 0.2) is 35.3 Å². The van der Waals surface area contributed by atoms with Gasteiger partial charge in [-0.3, -0.25) is 4.79 Å². The lowest BCUT2D eigenvalue weighted by Crippen LogP contribution is -2.46. The summed E-state index contributed by atoms with van der Waals surface area (Å²) in [4.78, 5) is 26.6. The van der Waals surface area contributed by atoms with Crippen LogP contribution in [0, 0.1) is 5.41 Å². The van der Waals surface area contributed by atoms with E-state index in [1.807, 2.05) is 43.7 Å². The van der Waals surface area contributed by atoms with E-state index < -0.39 is 18.1 Å². The minimum atomic E-state index is -1.24. The zero-order chi connectivity index (χ0) is 24.5. The first-order chi connectivity index (χ1) is 15.5. The number of alkyl halides is 1. The van der Waals surface area contributed by atoms with Gasteiger partial charge in [0.1, 0.15) is 24.6 Å². The Bertz CT molecular complexity index is 1240. The van der Waals surface area contributed by atoms with Crippen molar-refractivity contribution in [2.24, 2.45) is 5.41 Å². The van der Waals surface area contributed by atoms with Crippen LogP contribution in [0.2, 0.25) is 0 Å². The average Bonchev–Trinajstić information content (AvgIpc) is 2.75. The summed E-state index contributed by atoms with van der Waals surface area (Å²) >= 11 is 0. The Labute approximate surface area is 193 Å². The fourth-order valence-corrected chi connectivity index (χ4v) is 4.44. The summed E-state index contributed by atoms with van der Waals surface area (Å²) in [6.45, 7) is 10.4. The average molecular weight is 457 g/mol. The van der Waals surface area contributed by atoms with Crippen LogP contribution in [0.5, 0.6) is 5.75 Å². The molecule has 178 valence electrons. The number of ether oxygens (including phenoxy) is 1. The van der Waals surface area contributed by atoms with Crippen LogP contribution in [-0.2, 0) is 0 Å². The summed E-state index contributed by atoms with van der Waals surface area (Å²) in [5, 5.41) is 11.3. The first kappa shape index (κ1) is 24.6. The van der Waals surface area contributed by atoms with E-state index in [4.69, 9.17) is 4.74 Å². The molecule has 0 amide bonds. The van der Waals surface area contributed by atoms with Crippen molar-refractivity contribution in [1.29, 1.82) is 0 Å². The molecular weight excluding hydrogens is 423 g/mol. The first-order valence-corrected chi connectivity index (χ1v) is 11.2. The van der Waals surface area contributed by atoms with E-state index >= 15 is 0 Å². The number of benzene rings is 1. The molecule has 1 atom stereocenters. The number of halogens is 1. The lowest BCUT2D eigenvalue weighted by atomic mass is 9.84. The van der Waals surface area contributed by atoms with Gasteiger partial charge in [0.25, 0.3) is 0 Å². The molecule has 6 nitrogen and oxygen atoms in total. The van der Waals surface area contributed by atoms with E-state index in [-0.39, 0.29) is 23.6 Å². The monoisotopic (exact) mass is 456 g/mol. The number of rotatable bonds is 5. The molecule has 33 heavy (non-hydrogen) atoms. The number of hydrogen-bond acceptors (Lipinski definition) is 4. The molecule has 7 heteroatoms. The Morgan fingerprint density at radius 1 is 1.30 bits per heavy atom. The highest BCUT2D eigenvalue weighted by molar-refractivity contribution is 5.87. The number of aromatic nitrogens is 1. The third-order valence-corrected chi connectivity index (χ3v) is 6.29. The molecule has 3 rings (SSSR count). The lowest BCUT2D eigenvalue weighted by Gasteiger charge is -2.43. The quantitative estimate of drug-likeness (QED) is 0.748. The van der Waals surface area contributed by atoms with Crippen molar-refractivity contribution in [3.05, 3.63) is 62.4 Å². The lowest BCUT2D eigenvalue weighted by molar-refractivity contribution is 0.0693. The van der Waals surface area contributed by atoms with Gasteiger partial charge < -0.3 is 19.3 Å². The second kappa shape index (κ2) is 9.41. The number of nitrogens with zero attached hydrogens (tertiary/aromatic N) is 2. The number of likely N-dealkylation sites (N-methyl/N-ethyl adjacent to an activating group) is 1. The predicted molar refractivity (Wildman–Crippen MR) is 128 cm³/mol. The smallest absolute Gasteiger partial charge is 0.341 e. The van der Waals surface area contributed by atoms with Gasteiger partial charge in [0.05, 0.1) is 17.4 Å². The highest BCUT2D eigenvalue weighted by atomic mass is 19.1. The molecular formula is C26H33FN2O4. The zero-order valence-corrected chi connectivity index (χ0v) is 20.2. The zero-order valence-electron chi connectivity index (χ0n) is 20.2. The third kappa shape index (κ3) is 4.68. The van der Waals surface area contributed by atoms with Gasteiger partial charge in [-0.1, -0.05) is 45.4 Å². The predicted octanol–water partition coefficient (Wildman–Crippen LogP) is 3.16. The Hall–Kier alpha value is -3.09. The fraction of sp³-hybridized carbons (Fsp3) is 0.462. The molecule has 1 aromatic carbocycles. The molecule has 0 radical (unpaired) electrons. The fourth-order valence-electron chi connectivity index (χ4n) is 4.44. The van der Waals surface area contributed by atoms with Gasteiger partial charge in [-0.25, -0.2) is 9.18 Å². The molecule has 1 aromatic heterocycles. The van der Waals surface area contributed by atoms with Crippen molar-refractivity contribution in [2.45, 2.75) is 47.1 Å². The Balaban J connectivity index is 2.51. The summed E-state index contributed by atoms with van der Waals surface area (Å²) in [5.74, 6) is -0.639. The maximum absolute atomic E-state index is 12.9. The number of carboxylic acid groups (broad SMARTS) is 1. The number of aromatic carboxylic acids is 1. The van der Waals surface area contributed by atoms with Gasteiger partial charge in [0.15, 0.2) is 5.43 Å². The number of fused-ring (bicyclic) bond motifs is 1. The number of pyridine rings is 1. The van der Waals surface area contributed by atoms with Crippen LogP contribution in [0.25, 0.3) is 11.3 Å². The highest BCUT2D eigenvalue weighted by Gasteiger charge is 2.35. The summed E-state index contributed by atoms with van der Waals surface area (Å²) in [6.07, 6.45) is 2.25. The molecule has 0 aliphatic carbocycles. The van der Waals surface area contributed by atoms with Crippen molar-refractivity contribution in [3.8, 4) is 5.75 Å². The van der Waals surface area contributed by atoms with Crippen molar-refractivity contribution in [3.63, 3.8) is 0 Å². The summed E-state index contributed by atoms with van der Waals surface area (Å²) in [7, 11) is 1.98. The van der Waals surface area contributed by atoms with Crippen LogP contribution in [-0.4, -0.2) is 47.4 Å². The van der Waals surface area contributed by atoms with Crippen LogP contribution in [0.3, 0.4) is 0 Å². The SMILES string of the molecule is CCC(C)=c1c(OCCF)ccc/c1=C1\c2cc(=O)c(C(=O)O)cn2C(C(C)(C)C)CN1C. The van der Waals surface area contributed by atoms with Gasteiger partial charge in [-0.2, -0.15) is 0 Å². The third-order valence-electron chi connectivity index (χ3n) is 6.29. The number of hydrogen-bond donors (Lipinski definition) is 1. The van der Waals surface area contributed by atoms with E-state index in [1.165, 1.54) is 12.3 Å². The molecule has 0 spiro atoms. The van der Waals surface area contributed by atoms with Gasteiger partial charge >= 0.3 is 5.97 Å². The summed E-state index contributed by atoms with van der Waals surface area (Å²) < 4.78 is 20.5. The van der Waals surface area contributed by atoms with E-state index in [1.54, 1.807) is 0 Å². The molecule has 0 fully saturated rings. The van der Waals surface area contributed by atoms with Gasteiger partial charge in [0.2, 0.25) is 0 Å². The molecule has 0 saturated carbocycles. The molecule has 1 N–H and O–H groups in total. The largest absolute Gasteiger partial charge is 0.490 e. The van der Waals surface area contributed by atoms with Crippen molar-refractivity contribution >= 4 is 17.2 Å². The van der Waals surface area contributed by atoms with Crippen molar-refractivity contribution < 1.29 is 19.0 Å². The molecule has 2 heterocycles. The maximum atomic E-state index is 12.9. The Morgan fingerprint density at radius 2 is 2.00 bits per heavy atom. The molecule has 2 aromatic rings. The van der Waals surface area contributed by atoms with Gasteiger partial charge in [-0.15, -0.1) is 0 Å². The Morgan fingerprint density at radius 3 is 2.58 bits per heavy atom. The minimum absolute atomic E-state index is 0.0390. The number of carbonyl (C=O) groups is 1. The van der Waals surface area contributed by atoms with Crippen LogP contribution in [0.4, 0.5) is 4.39 Å². The van der Waals surface area contributed by atoms with E-state index in [0.717, 1.165) is 28.1 Å². The highest BCUT2D eigenvalue weighted by Crippen LogP contribution is 2.37. The number of carboxylic acids is 1. The second-order valence-corrected chi connectivity index (χ2v) is 9.61. The van der Waals surface area contributed by atoms with E-state index in [2.05, 4.69) is 25.7 Å². The molecule has 1 unspecified atom stereocenters. The maximum Gasteiger partial charge on any atom is 0.341 e. The molecule has 0 saturated heterocycles. The van der Waals surface area contributed by atoms with Gasteiger partial charge in [0, 0.05) is 36.3 Å². The topological polar surface area (TPSA) is 71.8 Å². The standard InChI is InChI=1S/C26H33FN2O4/c1-7-16(2)23-17(9-8-10-21(23)33-12-11-27)24-19-13-20(30)18(25(31)32)14-29(19)22(15-28(24)6)26(3,4)5/h8-10,13-14,22H,7,11-12,15H2,1-6H3,(H,31,32)/b23-16?,24-17-.